The van der Waals surface area contributed by atoms with Crippen molar-refractivity contribution in [3.8, 4) is 0 Å². The molecule has 0 amide bonds. The molecule has 0 aliphatic rings. The van der Waals surface area contributed by atoms with E-state index in [0.717, 1.165) is 4.47 Å². The van der Waals surface area contributed by atoms with Gasteiger partial charge in [-0.3, -0.25) is 4.21 Å². The van der Waals surface area contributed by atoms with Gasteiger partial charge in [0.15, 0.2) is 0 Å². The second-order valence-electron chi connectivity index (χ2n) is 1.77. The van der Waals surface area contributed by atoms with Gasteiger partial charge in [-0.05, 0) is 28.1 Å². The van der Waals surface area contributed by atoms with Crippen molar-refractivity contribution in [3.63, 3.8) is 0 Å². The second kappa shape index (κ2) is 3.25. The summed E-state index contributed by atoms with van der Waals surface area (Å²) in [5.41, 5.74) is 0. The predicted molar refractivity (Wildman–Crippen MR) is 44.3 cm³/mol. The van der Waals surface area contributed by atoms with Crippen LogP contribution < -0.4 is 0 Å². The average Bonchev–Trinajstić information content (AvgIpc) is 1.88. The topological polar surface area (TPSA) is 30.0 Å². The quantitative estimate of drug-likeness (QED) is 0.719. The van der Waals surface area contributed by atoms with Crippen LogP contribution in [0.4, 0.5) is 0 Å². The molecule has 0 saturated carbocycles. The summed E-state index contributed by atoms with van der Waals surface area (Å²) in [6.45, 7) is 0. The minimum atomic E-state index is -0.969. The van der Waals surface area contributed by atoms with Gasteiger partial charge in [-0.1, -0.05) is 0 Å². The molecule has 1 aromatic heterocycles. The fourth-order valence-electron chi connectivity index (χ4n) is 0.532. The average molecular weight is 220 g/mol. The number of halogens is 1. The maximum absolute atomic E-state index is 10.8. The van der Waals surface area contributed by atoms with Gasteiger partial charge in [0.25, 0.3) is 0 Å². The zero-order valence-electron chi connectivity index (χ0n) is 5.37. The maximum atomic E-state index is 10.8. The van der Waals surface area contributed by atoms with Crippen LogP contribution in [0.15, 0.2) is 27.8 Å². The summed E-state index contributed by atoms with van der Waals surface area (Å²) in [7, 11) is -0.969. The van der Waals surface area contributed by atoms with E-state index < -0.39 is 10.8 Å². The zero-order valence-corrected chi connectivity index (χ0v) is 7.78. The van der Waals surface area contributed by atoms with Crippen molar-refractivity contribution in [1.29, 1.82) is 0 Å². The molecule has 0 N–H and O–H groups in total. The summed E-state index contributed by atoms with van der Waals surface area (Å²) in [5, 5.41) is 0.614. The minimum absolute atomic E-state index is 0.614. The van der Waals surface area contributed by atoms with E-state index in [1.807, 2.05) is 6.07 Å². The van der Waals surface area contributed by atoms with E-state index in [1.165, 1.54) is 0 Å². The van der Waals surface area contributed by atoms with E-state index in [-0.39, 0.29) is 0 Å². The Morgan fingerprint density at radius 3 is 2.70 bits per heavy atom. The maximum Gasteiger partial charge on any atom is 0.127 e. The Labute approximate surface area is 70.3 Å². The molecule has 0 aromatic carbocycles. The van der Waals surface area contributed by atoms with E-state index in [9.17, 15) is 4.21 Å². The van der Waals surface area contributed by atoms with Crippen molar-refractivity contribution < 1.29 is 4.21 Å². The number of hydrogen-bond donors (Lipinski definition) is 0. The molecule has 0 aliphatic heterocycles. The molecule has 1 atom stereocenters. The highest BCUT2D eigenvalue weighted by Crippen LogP contribution is 2.08. The zero-order chi connectivity index (χ0) is 7.56. The van der Waals surface area contributed by atoms with Crippen LogP contribution in [0.25, 0.3) is 0 Å². The highest BCUT2D eigenvalue weighted by Gasteiger charge is 1.95. The van der Waals surface area contributed by atoms with Gasteiger partial charge in [0.05, 0.1) is 10.8 Å². The second-order valence-corrected chi connectivity index (χ2v) is 4.01. The molecule has 0 unspecified atom stereocenters. The van der Waals surface area contributed by atoms with Crippen LogP contribution in [-0.4, -0.2) is 15.4 Å². The summed E-state index contributed by atoms with van der Waals surface area (Å²) in [6, 6.07) is 3.56. The van der Waals surface area contributed by atoms with Gasteiger partial charge in [0.1, 0.15) is 5.03 Å². The van der Waals surface area contributed by atoms with Gasteiger partial charge in [-0.15, -0.1) is 0 Å². The largest absolute Gasteiger partial charge is 0.253 e. The first-order valence-electron chi connectivity index (χ1n) is 2.65. The van der Waals surface area contributed by atoms with Crippen molar-refractivity contribution >= 4 is 26.7 Å². The first-order chi connectivity index (χ1) is 4.70. The van der Waals surface area contributed by atoms with Crippen molar-refractivity contribution in [2.24, 2.45) is 0 Å². The number of hydrogen-bond acceptors (Lipinski definition) is 2. The molecule has 10 heavy (non-hydrogen) atoms. The molecule has 0 bridgehead atoms. The third kappa shape index (κ3) is 1.88. The predicted octanol–water partition coefficient (Wildman–Crippen LogP) is 1.58. The molecule has 0 saturated heterocycles. The minimum Gasteiger partial charge on any atom is -0.253 e. The lowest BCUT2D eigenvalue weighted by atomic mass is 10.5. The monoisotopic (exact) mass is 219 g/mol. The molecule has 0 spiro atoms. The van der Waals surface area contributed by atoms with Gasteiger partial charge in [-0.2, -0.15) is 0 Å². The van der Waals surface area contributed by atoms with Gasteiger partial charge in [0, 0.05) is 16.9 Å². The number of nitrogens with zero attached hydrogens (tertiary/aromatic N) is 1. The van der Waals surface area contributed by atoms with Gasteiger partial charge >= 0.3 is 0 Å². The van der Waals surface area contributed by atoms with Crippen molar-refractivity contribution in [2.45, 2.75) is 5.03 Å². The summed E-state index contributed by atoms with van der Waals surface area (Å²) in [4.78, 5) is 3.93. The van der Waals surface area contributed by atoms with Crippen molar-refractivity contribution in [3.05, 3.63) is 22.8 Å². The van der Waals surface area contributed by atoms with E-state index in [0.29, 0.717) is 5.03 Å². The van der Waals surface area contributed by atoms with Crippen LogP contribution in [-0.2, 0) is 10.8 Å². The molecule has 0 aliphatic carbocycles. The van der Waals surface area contributed by atoms with Crippen LogP contribution in [0.3, 0.4) is 0 Å². The molecule has 0 fully saturated rings. The van der Waals surface area contributed by atoms with Gasteiger partial charge in [-0.25, -0.2) is 4.98 Å². The van der Waals surface area contributed by atoms with Crippen LogP contribution >= 0.6 is 15.9 Å². The molecule has 0 radical (unpaired) electrons. The molecule has 1 rings (SSSR count). The van der Waals surface area contributed by atoms with E-state index >= 15 is 0 Å². The Hall–Kier alpha value is -0.220. The SMILES string of the molecule is C[S@](=O)c1ccc(Br)cn1. The molecule has 4 heteroatoms. The summed E-state index contributed by atoms with van der Waals surface area (Å²) in [5.74, 6) is 0. The lowest BCUT2D eigenvalue weighted by Gasteiger charge is -1.92. The van der Waals surface area contributed by atoms with Crippen LogP contribution in [0.5, 0.6) is 0 Å². The molecule has 54 valence electrons. The fourth-order valence-corrected chi connectivity index (χ4v) is 1.23. The highest BCUT2D eigenvalue weighted by molar-refractivity contribution is 9.10. The number of rotatable bonds is 1. The number of pyridine rings is 1. The molecule has 1 heterocycles. The molecule has 1 aromatic rings. The summed E-state index contributed by atoms with van der Waals surface area (Å²) >= 11 is 3.23. The van der Waals surface area contributed by atoms with Gasteiger partial charge in [0.2, 0.25) is 0 Å². The highest BCUT2D eigenvalue weighted by atomic mass is 79.9. The molecule has 2 nitrogen and oxygen atoms in total. The normalized spacial score (nSPS) is 13.0. The fraction of sp³-hybridized carbons (Fsp3) is 0.167. The Morgan fingerprint density at radius 1 is 1.60 bits per heavy atom. The van der Waals surface area contributed by atoms with Crippen molar-refractivity contribution in [1.82, 2.24) is 4.98 Å². The lowest BCUT2D eigenvalue weighted by Crippen LogP contribution is -1.89. The third-order valence-corrected chi connectivity index (χ3v) is 2.29. The van der Waals surface area contributed by atoms with E-state index in [2.05, 4.69) is 20.9 Å². The van der Waals surface area contributed by atoms with Crippen LogP contribution in [0.2, 0.25) is 0 Å². The molecular weight excluding hydrogens is 214 g/mol. The summed E-state index contributed by atoms with van der Waals surface area (Å²) in [6.07, 6.45) is 3.24. The van der Waals surface area contributed by atoms with E-state index in [4.69, 9.17) is 0 Å². The first-order valence-corrected chi connectivity index (χ1v) is 5.00. The smallest absolute Gasteiger partial charge is 0.127 e. The van der Waals surface area contributed by atoms with Crippen molar-refractivity contribution in [2.75, 3.05) is 6.26 Å². The Kier molecular flexibility index (Phi) is 2.56. The summed E-state index contributed by atoms with van der Waals surface area (Å²) < 4.78 is 11.7. The lowest BCUT2D eigenvalue weighted by molar-refractivity contribution is 0.684. The Balaban J connectivity index is 3.00. The Bertz CT molecular complexity index is 246. The first kappa shape index (κ1) is 7.88. The van der Waals surface area contributed by atoms with Gasteiger partial charge < -0.3 is 0 Å². The standard InChI is InChI=1S/C6H6BrNOS/c1-10(9)6-3-2-5(7)4-8-6/h2-4H,1H3/t10-/m0/s1. The Morgan fingerprint density at radius 2 is 2.30 bits per heavy atom. The van der Waals surface area contributed by atoms with Crippen LogP contribution in [0, 0.1) is 0 Å². The van der Waals surface area contributed by atoms with E-state index in [1.54, 1.807) is 18.5 Å². The third-order valence-electron chi connectivity index (χ3n) is 0.995. The van der Waals surface area contributed by atoms with Crippen LogP contribution in [0.1, 0.15) is 0 Å². The number of aromatic nitrogens is 1. The molecular formula is C6H6BrNOS.